The van der Waals surface area contributed by atoms with Gasteiger partial charge in [0, 0.05) is 30.5 Å². The van der Waals surface area contributed by atoms with Crippen LogP contribution in [0.15, 0.2) is 67.3 Å². The predicted octanol–water partition coefficient (Wildman–Crippen LogP) is 4.54. The number of benzene rings is 1. The summed E-state index contributed by atoms with van der Waals surface area (Å²) >= 11 is 0. The van der Waals surface area contributed by atoms with Crippen LogP contribution < -0.4 is 4.90 Å². The number of hydrogen-bond donors (Lipinski definition) is 0. The molecule has 2 heterocycles. The third kappa shape index (κ3) is 4.61. The van der Waals surface area contributed by atoms with Crippen molar-refractivity contribution in [2.75, 3.05) is 4.90 Å². The van der Waals surface area contributed by atoms with E-state index in [1.54, 1.807) is 24.8 Å². The molecule has 3 rings (SSSR count). The number of pyridine rings is 1. The summed E-state index contributed by atoms with van der Waals surface area (Å²) in [6, 6.07) is 14.2. The zero-order valence-electron chi connectivity index (χ0n) is 13.8. The van der Waals surface area contributed by atoms with Gasteiger partial charge in [-0.25, -0.2) is 9.97 Å². The van der Waals surface area contributed by atoms with E-state index in [1.165, 1.54) is 5.56 Å². The highest BCUT2D eigenvalue weighted by molar-refractivity contribution is 5.57. The van der Waals surface area contributed by atoms with E-state index < -0.39 is 0 Å². The average Bonchev–Trinajstić information content (AvgIpc) is 2.64. The molecular formula is C19H22N4. The van der Waals surface area contributed by atoms with Gasteiger partial charge >= 0.3 is 0 Å². The first-order valence-corrected chi connectivity index (χ1v) is 7.83. The molecule has 0 bridgehead atoms. The monoisotopic (exact) mass is 306 g/mol. The lowest BCUT2D eigenvalue weighted by Crippen LogP contribution is -2.18. The largest absolute Gasteiger partial charge is 0.306 e. The van der Waals surface area contributed by atoms with Gasteiger partial charge < -0.3 is 4.90 Å². The first kappa shape index (κ1) is 16.6. The molecule has 118 valence electrons. The molecule has 0 aliphatic rings. The quantitative estimate of drug-likeness (QED) is 0.709. The van der Waals surface area contributed by atoms with Gasteiger partial charge in [-0.15, -0.1) is 0 Å². The Bertz CT molecular complexity index is 682. The second-order valence-electron chi connectivity index (χ2n) is 4.83. The molecule has 0 spiro atoms. The van der Waals surface area contributed by atoms with Crippen molar-refractivity contribution in [3.05, 3.63) is 78.4 Å². The number of aromatic nitrogens is 3. The van der Waals surface area contributed by atoms with Crippen LogP contribution in [0.3, 0.4) is 0 Å². The Hall–Kier alpha value is -2.75. The lowest BCUT2D eigenvalue weighted by atomic mass is 10.2. The van der Waals surface area contributed by atoms with Gasteiger partial charge in [-0.05, 0) is 42.8 Å². The van der Waals surface area contributed by atoms with E-state index in [9.17, 15) is 0 Å². The lowest BCUT2D eigenvalue weighted by molar-refractivity contribution is 0.908. The summed E-state index contributed by atoms with van der Waals surface area (Å²) in [5.74, 6) is 0.693. The molecule has 1 aromatic carbocycles. The average molecular weight is 306 g/mol. The normalized spacial score (nSPS) is 9.70. The molecule has 0 aliphatic carbocycles. The summed E-state index contributed by atoms with van der Waals surface area (Å²) < 4.78 is 0. The second-order valence-corrected chi connectivity index (χ2v) is 4.83. The van der Waals surface area contributed by atoms with Gasteiger partial charge in [0.2, 0.25) is 5.95 Å². The highest BCUT2D eigenvalue weighted by Gasteiger charge is 2.12. The van der Waals surface area contributed by atoms with Crippen molar-refractivity contribution >= 4 is 11.6 Å². The molecule has 2 aromatic heterocycles. The van der Waals surface area contributed by atoms with Gasteiger partial charge in [-0.3, -0.25) is 4.98 Å². The molecule has 0 radical (unpaired) electrons. The van der Waals surface area contributed by atoms with Crippen LogP contribution in [0.1, 0.15) is 25.0 Å². The molecule has 0 aliphatic heterocycles. The Morgan fingerprint density at radius 3 is 2.04 bits per heavy atom. The van der Waals surface area contributed by atoms with Gasteiger partial charge in [0.15, 0.2) is 0 Å². The zero-order valence-corrected chi connectivity index (χ0v) is 13.8. The number of anilines is 2. The summed E-state index contributed by atoms with van der Waals surface area (Å²) in [5, 5.41) is 0. The molecule has 0 saturated heterocycles. The topological polar surface area (TPSA) is 41.9 Å². The second kappa shape index (κ2) is 8.63. The van der Waals surface area contributed by atoms with Gasteiger partial charge in [-0.1, -0.05) is 31.5 Å². The number of nitrogens with zero attached hydrogens (tertiary/aromatic N) is 4. The molecule has 23 heavy (non-hydrogen) atoms. The maximum absolute atomic E-state index is 4.37. The first-order valence-electron chi connectivity index (χ1n) is 7.83. The molecule has 4 heteroatoms. The van der Waals surface area contributed by atoms with E-state index in [4.69, 9.17) is 0 Å². The van der Waals surface area contributed by atoms with Crippen molar-refractivity contribution in [3.8, 4) is 0 Å². The van der Waals surface area contributed by atoms with Crippen LogP contribution in [0.5, 0.6) is 0 Å². The fourth-order valence-corrected chi connectivity index (χ4v) is 2.10. The fraction of sp³-hybridized carbons (Fsp3) is 0.211. The lowest BCUT2D eigenvalue weighted by Gasteiger charge is -2.22. The Morgan fingerprint density at radius 1 is 0.826 bits per heavy atom. The van der Waals surface area contributed by atoms with Crippen LogP contribution in [0.2, 0.25) is 0 Å². The van der Waals surface area contributed by atoms with E-state index in [2.05, 4.69) is 51.0 Å². The standard InChI is InChI=1S/C17H16N4.C2H6/c1-14-3-5-16(6-4-14)21(17-19-9-2-10-20-17)13-15-7-11-18-12-8-15;1-2/h2-12H,13H2,1H3;1-2H3. The van der Waals surface area contributed by atoms with Crippen molar-refractivity contribution in [2.24, 2.45) is 0 Å². The van der Waals surface area contributed by atoms with Crippen LogP contribution in [0.25, 0.3) is 0 Å². The minimum atomic E-state index is 0.693. The van der Waals surface area contributed by atoms with Crippen molar-refractivity contribution in [3.63, 3.8) is 0 Å². The van der Waals surface area contributed by atoms with Crippen LogP contribution in [-0.4, -0.2) is 15.0 Å². The van der Waals surface area contributed by atoms with Crippen LogP contribution in [0.4, 0.5) is 11.6 Å². The van der Waals surface area contributed by atoms with Crippen molar-refractivity contribution in [2.45, 2.75) is 27.3 Å². The summed E-state index contributed by atoms with van der Waals surface area (Å²) in [4.78, 5) is 14.9. The summed E-state index contributed by atoms with van der Waals surface area (Å²) in [7, 11) is 0. The van der Waals surface area contributed by atoms with Crippen LogP contribution in [-0.2, 0) is 6.54 Å². The number of aryl methyl sites for hydroxylation is 1. The van der Waals surface area contributed by atoms with E-state index in [0.717, 1.165) is 11.3 Å². The van der Waals surface area contributed by atoms with Crippen LogP contribution in [0, 0.1) is 6.92 Å². The third-order valence-electron chi connectivity index (χ3n) is 3.23. The molecule has 0 N–H and O–H groups in total. The van der Waals surface area contributed by atoms with Gasteiger partial charge in [0.1, 0.15) is 0 Å². The molecule has 0 atom stereocenters. The predicted molar refractivity (Wildman–Crippen MR) is 94.6 cm³/mol. The third-order valence-corrected chi connectivity index (χ3v) is 3.23. The molecule has 0 saturated carbocycles. The molecule has 4 nitrogen and oxygen atoms in total. The molecule has 0 amide bonds. The summed E-state index contributed by atoms with van der Waals surface area (Å²) in [6.07, 6.45) is 7.12. The highest BCUT2D eigenvalue weighted by Crippen LogP contribution is 2.24. The number of hydrogen-bond acceptors (Lipinski definition) is 4. The smallest absolute Gasteiger partial charge is 0.230 e. The van der Waals surface area contributed by atoms with Gasteiger partial charge in [0.25, 0.3) is 0 Å². The molecule has 0 fully saturated rings. The molecular weight excluding hydrogens is 284 g/mol. The maximum atomic E-state index is 4.37. The van der Waals surface area contributed by atoms with Crippen molar-refractivity contribution < 1.29 is 0 Å². The Balaban J connectivity index is 0.000000924. The first-order chi connectivity index (χ1) is 11.3. The Labute approximate surface area is 137 Å². The number of rotatable bonds is 4. The fourth-order valence-electron chi connectivity index (χ4n) is 2.10. The van der Waals surface area contributed by atoms with Crippen molar-refractivity contribution in [1.82, 2.24) is 15.0 Å². The summed E-state index contributed by atoms with van der Waals surface area (Å²) in [5.41, 5.74) is 3.47. The van der Waals surface area contributed by atoms with Crippen LogP contribution >= 0.6 is 0 Å². The minimum Gasteiger partial charge on any atom is -0.306 e. The van der Waals surface area contributed by atoms with Gasteiger partial charge in [0.05, 0.1) is 6.54 Å². The van der Waals surface area contributed by atoms with Gasteiger partial charge in [-0.2, -0.15) is 0 Å². The van der Waals surface area contributed by atoms with E-state index >= 15 is 0 Å². The SMILES string of the molecule is CC.Cc1ccc(N(Cc2ccncc2)c2ncccn2)cc1. The highest BCUT2D eigenvalue weighted by atomic mass is 15.2. The maximum Gasteiger partial charge on any atom is 0.230 e. The molecule has 0 unspecified atom stereocenters. The Kier molecular flexibility index (Phi) is 6.24. The molecule has 3 aromatic rings. The van der Waals surface area contributed by atoms with E-state index in [-0.39, 0.29) is 0 Å². The zero-order chi connectivity index (χ0) is 16.5. The summed E-state index contributed by atoms with van der Waals surface area (Å²) in [6.45, 7) is 6.78. The minimum absolute atomic E-state index is 0.693. The Morgan fingerprint density at radius 2 is 1.43 bits per heavy atom. The van der Waals surface area contributed by atoms with Crippen molar-refractivity contribution in [1.29, 1.82) is 0 Å². The van der Waals surface area contributed by atoms with E-state index in [0.29, 0.717) is 12.5 Å². The van der Waals surface area contributed by atoms with E-state index in [1.807, 2.05) is 32.0 Å².